The molecule has 0 saturated heterocycles. The van der Waals surface area contributed by atoms with Gasteiger partial charge in [-0.3, -0.25) is 0 Å². The van der Waals surface area contributed by atoms with Crippen LogP contribution in [0.5, 0.6) is 0 Å². The van der Waals surface area contributed by atoms with Gasteiger partial charge < -0.3 is 10.2 Å². The second-order valence-electron chi connectivity index (χ2n) is 5.50. The first-order chi connectivity index (χ1) is 8.61. The van der Waals surface area contributed by atoms with Crippen molar-refractivity contribution in [3.63, 3.8) is 0 Å². The molecule has 0 radical (unpaired) electrons. The highest BCUT2D eigenvalue weighted by atomic mass is 15.1. The number of hydrogen-bond donors (Lipinski definition) is 1. The van der Waals surface area contributed by atoms with E-state index in [1.54, 1.807) is 0 Å². The highest BCUT2D eigenvalue weighted by Gasteiger charge is 2.02. The molecular weight excluding hydrogens is 220 g/mol. The Hall–Kier alpha value is -0.860. The molecule has 0 fully saturated rings. The van der Waals surface area contributed by atoms with E-state index in [2.05, 4.69) is 62.3 Å². The third-order valence-corrected chi connectivity index (χ3v) is 3.06. The second kappa shape index (κ2) is 8.28. The van der Waals surface area contributed by atoms with E-state index in [4.69, 9.17) is 0 Å². The van der Waals surface area contributed by atoms with Crippen LogP contribution in [-0.2, 0) is 13.0 Å². The summed E-state index contributed by atoms with van der Waals surface area (Å²) in [5.41, 5.74) is 2.81. The van der Waals surface area contributed by atoms with Crippen molar-refractivity contribution in [1.82, 2.24) is 10.2 Å². The number of rotatable bonds is 8. The first kappa shape index (κ1) is 15.2. The summed E-state index contributed by atoms with van der Waals surface area (Å²) in [6, 6.07) is 8.99. The minimum Gasteiger partial charge on any atom is -0.313 e. The van der Waals surface area contributed by atoms with Gasteiger partial charge in [-0.05, 0) is 37.1 Å². The Bertz CT molecular complexity index is 316. The average molecular weight is 248 g/mol. The van der Waals surface area contributed by atoms with Crippen LogP contribution in [0, 0.1) is 5.92 Å². The van der Waals surface area contributed by atoms with Crippen LogP contribution in [-0.4, -0.2) is 31.6 Å². The van der Waals surface area contributed by atoms with Gasteiger partial charge in [0.05, 0.1) is 0 Å². The smallest absolute Gasteiger partial charge is 0.0205 e. The van der Waals surface area contributed by atoms with Crippen molar-refractivity contribution in [3.05, 3.63) is 35.4 Å². The Kier molecular flexibility index (Phi) is 6.99. The Balaban J connectivity index is 2.34. The zero-order chi connectivity index (χ0) is 13.4. The summed E-state index contributed by atoms with van der Waals surface area (Å²) in [5.74, 6) is 0.748. The van der Waals surface area contributed by atoms with Crippen LogP contribution in [0.25, 0.3) is 0 Å². The Labute approximate surface area is 112 Å². The van der Waals surface area contributed by atoms with Crippen molar-refractivity contribution in [1.29, 1.82) is 0 Å². The van der Waals surface area contributed by atoms with Gasteiger partial charge >= 0.3 is 0 Å². The first-order valence-corrected chi connectivity index (χ1v) is 7.09. The topological polar surface area (TPSA) is 15.3 Å². The Morgan fingerprint density at radius 3 is 2.28 bits per heavy atom. The predicted molar refractivity (Wildman–Crippen MR) is 79.9 cm³/mol. The van der Waals surface area contributed by atoms with Gasteiger partial charge in [0.1, 0.15) is 0 Å². The van der Waals surface area contributed by atoms with E-state index >= 15 is 0 Å². The quantitative estimate of drug-likeness (QED) is 0.761. The van der Waals surface area contributed by atoms with Crippen LogP contribution in [0.4, 0.5) is 0 Å². The molecule has 0 atom stereocenters. The predicted octanol–water partition coefficient (Wildman–Crippen LogP) is 2.93. The summed E-state index contributed by atoms with van der Waals surface area (Å²) in [4.78, 5) is 2.41. The van der Waals surface area contributed by atoms with E-state index in [1.165, 1.54) is 17.7 Å². The molecule has 102 valence electrons. The molecule has 2 nitrogen and oxygen atoms in total. The maximum Gasteiger partial charge on any atom is 0.0205 e. The molecule has 0 aliphatic heterocycles. The average Bonchev–Trinajstić information content (AvgIpc) is 2.34. The molecule has 1 aromatic rings. The molecule has 1 aromatic carbocycles. The Morgan fingerprint density at radius 1 is 1.11 bits per heavy atom. The van der Waals surface area contributed by atoms with E-state index < -0.39 is 0 Å². The summed E-state index contributed by atoms with van der Waals surface area (Å²) in [5, 5.41) is 3.35. The zero-order valence-corrected chi connectivity index (χ0v) is 12.4. The molecule has 0 amide bonds. The molecule has 0 unspecified atom stereocenters. The van der Waals surface area contributed by atoms with E-state index in [9.17, 15) is 0 Å². The van der Waals surface area contributed by atoms with Gasteiger partial charge in [0.15, 0.2) is 0 Å². The fourth-order valence-electron chi connectivity index (χ4n) is 2.13. The number of nitrogens with one attached hydrogen (secondary N) is 1. The SMILES string of the molecule is CCNCc1ccc(CCN(C)CC(C)C)cc1. The third-order valence-electron chi connectivity index (χ3n) is 3.06. The number of nitrogens with zero attached hydrogens (tertiary/aromatic N) is 1. The number of hydrogen-bond acceptors (Lipinski definition) is 2. The molecule has 18 heavy (non-hydrogen) atoms. The van der Waals surface area contributed by atoms with Gasteiger partial charge in [0.2, 0.25) is 0 Å². The standard InChI is InChI=1S/C16H28N2/c1-5-17-12-16-8-6-15(7-9-16)10-11-18(4)13-14(2)3/h6-9,14,17H,5,10-13H2,1-4H3. The van der Waals surface area contributed by atoms with Crippen LogP contribution in [0.2, 0.25) is 0 Å². The second-order valence-corrected chi connectivity index (χ2v) is 5.50. The maximum absolute atomic E-state index is 3.35. The van der Waals surface area contributed by atoms with E-state index in [0.717, 1.165) is 32.0 Å². The molecule has 0 heterocycles. The molecule has 0 aliphatic rings. The van der Waals surface area contributed by atoms with Crippen molar-refractivity contribution in [2.24, 2.45) is 5.92 Å². The molecule has 0 spiro atoms. The van der Waals surface area contributed by atoms with Crippen LogP contribution < -0.4 is 5.32 Å². The molecule has 1 N–H and O–H groups in total. The van der Waals surface area contributed by atoms with Crippen molar-refractivity contribution < 1.29 is 0 Å². The molecule has 0 aromatic heterocycles. The third kappa shape index (κ3) is 6.18. The lowest BCUT2D eigenvalue weighted by atomic mass is 10.1. The lowest BCUT2D eigenvalue weighted by Gasteiger charge is -2.18. The minimum absolute atomic E-state index is 0.748. The first-order valence-electron chi connectivity index (χ1n) is 7.09. The highest BCUT2D eigenvalue weighted by Crippen LogP contribution is 2.06. The molecular formula is C16H28N2. The summed E-state index contributed by atoms with van der Waals surface area (Å²) in [6.07, 6.45) is 1.14. The van der Waals surface area contributed by atoms with Crippen LogP contribution >= 0.6 is 0 Å². The van der Waals surface area contributed by atoms with Crippen molar-refractivity contribution in [2.45, 2.75) is 33.7 Å². The highest BCUT2D eigenvalue weighted by molar-refractivity contribution is 5.22. The van der Waals surface area contributed by atoms with Crippen LogP contribution in [0.1, 0.15) is 31.9 Å². The van der Waals surface area contributed by atoms with Crippen molar-refractivity contribution >= 4 is 0 Å². The molecule has 0 aliphatic carbocycles. The summed E-state index contributed by atoms with van der Waals surface area (Å²) < 4.78 is 0. The van der Waals surface area contributed by atoms with Crippen molar-refractivity contribution in [3.8, 4) is 0 Å². The van der Waals surface area contributed by atoms with Gasteiger partial charge in [-0.15, -0.1) is 0 Å². The van der Waals surface area contributed by atoms with E-state index in [0.29, 0.717) is 0 Å². The normalized spacial score (nSPS) is 11.4. The van der Waals surface area contributed by atoms with Gasteiger partial charge in [-0.2, -0.15) is 0 Å². The molecule has 0 saturated carbocycles. The van der Waals surface area contributed by atoms with E-state index in [-0.39, 0.29) is 0 Å². The van der Waals surface area contributed by atoms with E-state index in [1.807, 2.05) is 0 Å². The summed E-state index contributed by atoms with van der Waals surface area (Å²) in [6.45, 7) is 11.0. The Morgan fingerprint density at radius 2 is 1.72 bits per heavy atom. The minimum atomic E-state index is 0.748. The fourth-order valence-corrected chi connectivity index (χ4v) is 2.13. The van der Waals surface area contributed by atoms with Gasteiger partial charge in [0, 0.05) is 19.6 Å². The lowest BCUT2D eigenvalue weighted by Crippen LogP contribution is -2.25. The van der Waals surface area contributed by atoms with Gasteiger partial charge in [-0.25, -0.2) is 0 Å². The summed E-state index contributed by atoms with van der Waals surface area (Å²) in [7, 11) is 2.21. The zero-order valence-electron chi connectivity index (χ0n) is 12.4. The molecule has 2 heteroatoms. The van der Waals surface area contributed by atoms with Gasteiger partial charge in [0.25, 0.3) is 0 Å². The van der Waals surface area contributed by atoms with Crippen LogP contribution in [0.15, 0.2) is 24.3 Å². The monoisotopic (exact) mass is 248 g/mol. The fraction of sp³-hybridized carbons (Fsp3) is 0.625. The maximum atomic E-state index is 3.35. The molecule has 1 rings (SSSR count). The van der Waals surface area contributed by atoms with Gasteiger partial charge in [-0.1, -0.05) is 45.0 Å². The largest absolute Gasteiger partial charge is 0.313 e. The van der Waals surface area contributed by atoms with Crippen molar-refractivity contribution in [2.75, 3.05) is 26.7 Å². The summed E-state index contributed by atoms with van der Waals surface area (Å²) >= 11 is 0. The number of likely N-dealkylation sites (N-methyl/N-ethyl adjacent to an activating group) is 1. The molecule has 0 bridgehead atoms. The number of benzene rings is 1. The lowest BCUT2D eigenvalue weighted by molar-refractivity contribution is 0.299. The van der Waals surface area contributed by atoms with Crippen LogP contribution in [0.3, 0.4) is 0 Å².